The van der Waals surface area contributed by atoms with Crippen molar-refractivity contribution in [2.75, 3.05) is 0 Å². The Balaban J connectivity index is 3.05. The maximum atomic E-state index is 11.6. The molecule has 0 radical (unpaired) electrons. The second kappa shape index (κ2) is 4.31. The Kier molecular flexibility index (Phi) is 3.61. The van der Waals surface area contributed by atoms with Gasteiger partial charge in [-0.25, -0.2) is 20.2 Å². The first-order valence-electron chi connectivity index (χ1n) is 4.09. The van der Waals surface area contributed by atoms with E-state index >= 15 is 0 Å². The van der Waals surface area contributed by atoms with E-state index in [2.05, 4.69) is 0 Å². The molecule has 9 nitrogen and oxygen atoms in total. The minimum absolute atomic E-state index is 0.184. The van der Waals surface area contributed by atoms with Gasteiger partial charge >= 0.3 is 15.3 Å². The summed E-state index contributed by atoms with van der Waals surface area (Å²) in [6.45, 7) is 0. The molecule has 1 heterocycles. The zero-order chi connectivity index (χ0) is 12.6. The van der Waals surface area contributed by atoms with Crippen LogP contribution in [-0.4, -0.2) is 10.8 Å². The molecule has 0 aromatic heterocycles. The standard InChI is InChI=1S/C5H14N6O3P2/c6-4-2-1-3-5(14-16(9,10)13)11(4)15(7,8)12/h1-4H,6H2,(H4,7,8,12)(H4,9,10,13). The van der Waals surface area contributed by atoms with E-state index in [-0.39, 0.29) is 5.88 Å². The molecular formula is C5H14N6O3P2. The van der Waals surface area contributed by atoms with Gasteiger partial charge in [-0.2, -0.15) is 0 Å². The van der Waals surface area contributed by atoms with Crippen LogP contribution in [0.4, 0.5) is 0 Å². The molecule has 1 rings (SSSR count). The van der Waals surface area contributed by atoms with Crippen LogP contribution < -0.4 is 27.8 Å². The summed E-state index contributed by atoms with van der Waals surface area (Å²) in [5, 5.41) is 0. The fourth-order valence-electron chi connectivity index (χ4n) is 1.14. The lowest BCUT2D eigenvalue weighted by molar-refractivity contribution is 0.270. The minimum Gasteiger partial charge on any atom is -0.406 e. The number of hydrogen-bond donors (Lipinski definition) is 5. The Hall–Kier alpha value is -0.660. The summed E-state index contributed by atoms with van der Waals surface area (Å²) >= 11 is 0. The molecule has 0 aliphatic carbocycles. The highest BCUT2D eigenvalue weighted by atomic mass is 31.2. The molecular weight excluding hydrogens is 254 g/mol. The molecule has 0 amide bonds. The van der Waals surface area contributed by atoms with E-state index in [1.807, 2.05) is 0 Å². The second-order valence-electron chi connectivity index (χ2n) is 3.13. The Bertz CT molecular complexity index is 422. The zero-order valence-electron chi connectivity index (χ0n) is 8.26. The highest BCUT2D eigenvalue weighted by Crippen LogP contribution is 2.43. The zero-order valence-corrected chi connectivity index (χ0v) is 10.1. The number of rotatable bonds is 3. The van der Waals surface area contributed by atoms with Crippen LogP contribution in [0, 0.1) is 0 Å². The van der Waals surface area contributed by atoms with Gasteiger partial charge in [0.2, 0.25) is 5.88 Å². The Morgan fingerprint density at radius 1 is 1.25 bits per heavy atom. The summed E-state index contributed by atoms with van der Waals surface area (Å²) in [6, 6.07) is 0. The molecule has 1 atom stereocenters. The summed E-state index contributed by atoms with van der Waals surface area (Å²) in [5.41, 5.74) is 26.2. The third-order valence-electron chi connectivity index (χ3n) is 1.63. The number of nitrogens with zero attached hydrogens (tertiary/aromatic N) is 1. The van der Waals surface area contributed by atoms with Gasteiger partial charge in [0.1, 0.15) is 6.17 Å². The molecule has 0 saturated heterocycles. The largest absolute Gasteiger partial charge is 0.406 e. The van der Waals surface area contributed by atoms with E-state index in [0.717, 1.165) is 4.67 Å². The smallest absolute Gasteiger partial charge is 0.386 e. The fourth-order valence-corrected chi connectivity index (χ4v) is 2.55. The SMILES string of the molecule is NC1C=CC=C(OP(N)(N)=O)N1P(N)(N)=O. The molecule has 1 aliphatic rings. The lowest BCUT2D eigenvalue weighted by Crippen LogP contribution is -2.43. The summed E-state index contributed by atoms with van der Waals surface area (Å²) in [6.07, 6.45) is 3.40. The summed E-state index contributed by atoms with van der Waals surface area (Å²) < 4.78 is 28.2. The van der Waals surface area contributed by atoms with Crippen molar-refractivity contribution in [1.29, 1.82) is 0 Å². The molecule has 0 fully saturated rings. The van der Waals surface area contributed by atoms with E-state index < -0.39 is 21.4 Å². The maximum Gasteiger partial charge on any atom is 0.386 e. The molecule has 10 N–H and O–H groups in total. The lowest BCUT2D eigenvalue weighted by Gasteiger charge is -2.34. The highest BCUT2D eigenvalue weighted by molar-refractivity contribution is 7.57. The maximum absolute atomic E-state index is 11.6. The van der Waals surface area contributed by atoms with Gasteiger partial charge in [-0.3, -0.25) is 15.6 Å². The van der Waals surface area contributed by atoms with Crippen LogP contribution >= 0.6 is 15.3 Å². The Morgan fingerprint density at radius 2 is 1.81 bits per heavy atom. The monoisotopic (exact) mass is 268 g/mol. The molecule has 92 valence electrons. The van der Waals surface area contributed by atoms with Crippen molar-refractivity contribution in [3.05, 3.63) is 24.1 Å². The summed E-state index contributed by atoms with van der Waals surface area (Å²) in [4.78, 5) is 0. The van der Waals surface area contributed by atoms with Crippen LogP contribution in [0.25, 0.3) is 0 Å². The van der Waals surface area contributed by atoms with Crippen molar-refractivity contribution < 1.29 is 13.7 Å². The van der Waals surface area contributed by atoms with Crippen molar-refractivity contribution in [2.45, 2.75) is 6.17 Å². The van der Waals surface area contributed by atoms with Crippen molar-refractivity contribution >= 4 is 15.3 Å². The fraction of sp³-hybridized carbons (Fsp3) is 0.200. The average molecular weight is 268 g/mol. The molecule has 16 heavy (non-hydrogen) atoms. The van der Waals surface area contributed by atoms with Crippen LogP contribution in [-0.2, 0) is 13.7 Å². The summed E-state index contributed by atoms with van der Waals surface area (Å²) in [5.74, 6) is -0.184. The molecule has 0 spiro atoms. The molecule has 0 bridgehead atoms. The summed E-state index contributed by atoms with van der Waals surface area (Å²) in [7, 11) is -7.51. The van der Waals surface area contributed by atoms with E-state index in [1.54, 1.807) is 0 Å². The third kappa shape index (κ3) is 3.43. The Labute approximate surface area is 92.3 Å². The van der Waals surface area contributed by atoms with Gasteiger partial charge in [0.25, 0.3) is 0 Å². The molecule has 0 aromatic carbocycles. The van der Waals surface area contributed by atoms with Crippen molar-refractivity contribution in [3.63, 3.8) is 0 Å². The van der Waals surface area contributed by atoms with Crippen molar-refractivity contribution in [3.8, 4) is 0 Å². The molecule has 0 aromatic rings. The normalized spacial score (nSPS) is 21.9. The number of nitrogens with two attached hydrogens (primary N) is 5. The minimum atomic E-state index is -3.80. The molecule has 1 aliphatic heterocycles. The predicted molar refractivity (Wildman–Crippen MR) is 60.1 cm³/mol. The molecule has 11 heteroatoms. The first kappa shape index (κ1) is 13.4. The third-order valence-corrected chi connectivity index (χ3v) is 3.24. The van der Waals surface area contributed by atoms with Gasteiger partial charge in [-0.05, 0) is 12.2 Å². The predicted octanol–water partition coefficient (Wildman–Crippen LogP) is -0.948. The first-order chi connectivity index (χ1) is 7.11. The quantitative estimate of drug-likeness (QED) is 0.403. The van der Waals surface area contributed by atoms with Crippen LogP contribution in [0.15, 0.2) is 24.1 Å². The second-order valence-corrected chi connectivity index (χ2v) is 6.38. The van der Waals surface area contributed by atoms with Crippen LogP contribution in [0.5, 0.6) is 0 Å². The number of hydrogen-bond acceptors (Lipinski definition) is 4. The Morgan fingerprint density at radius 3 is 2.25 bits per heavy atom. The van der Waals surface area contributed by atoms with Gasteiger partial charge in [-0.1, -0.05) is 6.08 Å². The van der Waals surface area contributed by atoms with E-state index in [1.165, 1.54) is 18.2 Å². The highest BCUT2D eigenvalue weighted by Gasteiger charge is 2.33. The van der Waals surface area contributed by atoms with Crippen molar-refractivity contribution in [1.82, 2.24) is 4.67 Å². The van der Waals surface area contributed by atoms with Crippen molar-refractivity contribution in [2.24, 2.45) is 27.8 Å². The van der Waals surface area contributed by atoms with Gasteiger partial charge in [0.15, 0.2) is 0 Å². The number of allylic oxidation sites excluding steroid dienone is 2. The molecule has 1 unspecified atom stereocenters. The van der Waals surface area contributed by atoms with Crippen LogP contribution in [0.1, 0.15) is 0 Å². The van der Waals surface area contributed by atoms with Crippen LogP contribution in [0.2, 0.25) is 0 Å². The van der Waals surface area contributed by atoms with E-state index in [9.17, 15) is 9.13 Å². The van der Waals surface area contributed by atoms with Crippen LogP contribution in [0.3, 0.4) is 0 Å². The first-order valence-corrected chi connectivity index (χ1v) is 7.65. The van der Waals surface area contributed by atoms with Gasteiger partial charge in [0.05, 0.1) is 0 Å². The lowest BCUT2D eigenvalue weighted by atomic mass is 10.3. The van der Waals surface area contributed by atoms with Gasteiger partial charge < -0.3 is 10.3 Å². The average Bonchev–Trinajstić information content (AvgIpc) is 1.97. The van der Waals surface area contributed by atoms with E-state index in [4.69, 9.17) is 32.3 Å². The molecule has 0 saturated carbocycles. The topological polar surface area (TPSA) is 177 Å². The van der Waals surface area contributed by atoms with Gasteiger partial charge in [-0.15, -0.1) is 0 Å². The van der Waals surface area contributed by atoms with Gasteiger partial charge in [0, 0.05) is 0 Å². The van der Waals surface area contributed by atoms with E-state index in [0.29, 0.717) is 0 Å².